The third-order valence-corrected chi connectivity index (χ3v) is 4.93. The van der Waals surface area contributed by atoms with E-state index in [1.807, 2.05) is 54.3 Å². The largest absolute Gasteiger partial charge is 0.338 e. The lowest BCUT2D eigenvalue weighted by molar-refractivity contribution is -0.124. The van der Waals surface area contributed by atoms with Gasteiger partial charge in [0.25, 0.3) is 5.91 Å². The van der Waals surface area contributed by atoms with Crippen molar-refractivity contribution in [1.29, 1.82) is 0 Å². The van der Waals surface area contributed by atoms with Gasteiger partial charge >= 0.3 is 0 Å². The fourth-order valence-electron chi connectivity index (χ4n) is 3.50. The van der Waals surface area contributed by atoms with Crippen molar-refractivity contribution < 1.29 is 9.59 Å². The third-order valence-electron chi connectivity index (χ3n) is 4.93. The van der Waals surface area contributed by atoms with Crippen molar-refractivity contribution in [3.63, 3.8) is 0 Å². The summed E-state index contributed by atoms with van der Waals surface area (Å²) in [5.41, 5.74) is 3.00. The van der Waals surface area contributed by atoms with Crippen LogP contribution in [0.25, 0.3) is 0 Å². The van der Waals surface area contributed by atoms with E-state index < -0.39 is 0 Å². The molecule has 1 fully saturated rings. The molecule has 0 saturated carbocycles. The van der Waals surface area contributed by atoms with Crippen molar-refractivity contribution in [3.8, 4) is 0 Å². The maximum absolute atomic E-state index is 12.7. The molecule has 3 nitrogen and oxygen atoms in total. The normalized spacial score (nSPS) is 17.3. The summed E-state index contributed by atoms with van der Waals surface area (Å²) in [6.45, 7) is 3.29. The minimum absolute atomic E-state index is 0.0220. The maximum atomic E-state index is 12.7. The highest BCUT2D eigenvalue weighted by Crippen LogP contribution is 2.21. The molecule has 0 aromatic heterocycles. The summed E-state index contributed by atoms with van der Waals surface area (Å²) in [4.78, 5) is 27.2. The summed E-state index contributed by atoms with van der Waals surface area (Å²) in [6.07, 6.45) is 3.13. The molecule has 1 saturated heterocycles. The summed E-state index contributed by atoms with van der Waals surface area (Å²) in [6, 6.07) is 17.8. The second-order valence-corrected chi connectivity index (χ2v) is 6.91. The van der Waals surface area contributed by atoms with Crippen LogP contribution < -0.4 is 0 Å². The number of aryl methyl sites for hydroxylation is 2. The van der Waals surface area contributed by atoms with Crippen LogP contribution >= 0.6 is 0 Å². The Morgan fingerprint density at radius 3 is 2.64 bits per heavy atom. The zero-order valence-corrected chi connectivity index (χ0v) is 14.8. The van der Waals surface area contributed by atoms with Gasteiger partial charge in [-0.25, -0.2) is 0 Å². The summed E-state index contributed by atoms with van der Waals surface area (Å²) in [5.74, 6) is 0.307. The molecular weight excluding hydrogens is 310 g/mol. The Morgan fingerprint density at radius 2 is 1.88 bits per heavy atom. The molecule has 25 heavy (non-hydrogen) atoms. The first-order valence-electron chi connectivity index (χ1n) is 9.06. The average molecular weight is 335 g/mol. The molecule has 1 atom stereocenters. The van der Waals surface area contributed by atoms with E-state index in [-0.39, 0.29) is 17.6 Å². The van der Waals surface area contributed by atoms with Crippen LogP contribution in [-0.2, 0) is 11.2 Å². The smallest absolute Gasteiger partial charge is 0.253 e. The Bertz CT molecular complexity index is 739. The zero-order chi connectivity index (χ0) is 17.6. The van der Waals surface area contributed by atoms with Gasteiger partial charge in [0.1, 0.15) is 5.78 Å². The molecule has 3 rings (SSSR count). The molecule has 1 amide bonds. The van der Waals surface area contributed by atoms with Crippen LogP contribution in [0.2, 0.25) is 0 Å². The fraction of sp³-hybridized carbons (Fsp3) is 0.364. The molecule has 0 radical (unpaired) electrons. The fourth-order valence-corrected chi connectivity index (χ4v) is 3.50. The number of carbonyl (C=O) groups is 2. The number of likely N-dealkylation sites (tertiary alicyclic amines) is 1. The van der Waals surface area contributed by atoms with E-state index in [0.717, 1.165) is 36.9 Å². The SMILES string of the molecule is Cc1cccc(C(=O)N2CCC[C@@H](C(=O)CCc3ccccc3)C2)c1. The first-order chi connectivity index (χ1) is 12.1. The van der Waals surface area contributed by atoms with Gasteiger partial charge in [-0.2, -0.15) is 0 Å². The van der Waals surface area contributed by atoms with Crippen LogP contribution in [0.4, 0.5) is 0 Å². The molecule has 2 aromatic rings. The molecule has 0 spiro atoms. The number of piperidine rings is 1. The van der Waals surface area contributed by atoms with Gasteiger partial charge in [-0.1, -0.05) is 48.0 Å². The second kappa shape index (κ2) is 8.11. The van der Waals surface area contributed by atoms with Crippen LogP contribution in [0.3, 0.4) is 0 Å². The molecule has 3 heteroatoms. The lowest BCUT2D eigenvalue weighted by atomic mass is 9.90. The van der Waals surface area contributed by atoms with Crippen molar-refractivity contribution in [1.82, 2.24) is 4.90 Å². The van der Waals surface area contributed by atoms with E-state index in [1.165, 1.54) is 5.56 Å². The number of nitrogens with zero attached hydrogens (tertiary/aromatic N) is 1. The van der Waals surface area contributed by atoms with Gasteiger partial charge in [0.05, 0.1) is 0 Å². The highest BCUT2D eigenvalue weighted by atomic mass is 16.2. The van der Waals surface area contributed by atoms with Gasteiger partial charge in [-0.15, -0.1) is 0 Å². The van der Waals surface area contributed by atoms with Gasteiger partial charge in [-0.05, 0) is 43.9 Å². The molecule has 1 heterocycles. The minimum Gasteiger partial charge on any atom is -0.338 e. The minimum atomic E-state index is -0.0220. The molecule has 0 aliphatic carbocycles. The van der Waals surface area contributed by atoms with Crippen LogP contribution in [0.15, 0.2) is 54.6 Å². The highest BCUT2D eigenvalue weighted by Gasteiger charge is 2.28. The van der Waals surface area contributed by atoms with Crippen LogP contribution in [0, 0.1) is 12.8 Å². The predicted molar refractivity (Wildman–Crippen MR) is 99.6 cm³/mol. The Morgan fingerprint density at radius 1 is 1.08 bits per heavy atom. The lowest BCUT2D eigenvalue weighted by Crippen LogP contribution is -2.42. The van der Waals surface area contributed by atoms with Crippen molar-refractivity contribution in [2.24, 2.45) is 5.92 Å². The molecule has 2 aromatic carbocycles. The van der Waals surface area contributed by atoms with E-state index in [4.69, 9.17) is 0 Å². The van der Waals surface area contributed by atoms with Gasteiger partial charge < -0.3 is 4.90 Å². The standard InChI is InChI=1S/C22H25NO2/c1-17-7-5-10-19(15-17)22(25)23-14-6-11-20(16-23)21(24)13-12-18-8-3-2-4-9-18/h2-5,7-10,15,20H,6,11-14,16H2,1H3/t20-/m1/s1. The Kier molecular flexibility index (Phi) is 5.64. The predicted octanol–water partition coefficient (Wildman–Crippen LogP) is 4.05. The molecule has 1 aliphatic rings. The number of ketones is 1. The van der Waals surface area contributed by atoms with E-state index in [1.54, 1.807) is 0 Å². The maximum Gasteiger partial charge on any atom is 0.253 e. The van der Waals surface area contributed by atoms with E-state index in [2.05, 4.69) is 12.1 Å². The second-order valence-electron chi connectivity index (χ2n) is 6.91. The van der Waals surface area contributed by atoms with Gasteiger partial charge in [-0.3, -0.25) is 9.59 Å². The van der Waals surface area contributed by atoms with Crippen LogP contribution in [0.5, 0.6) is 0 Å². The molecule has 0 unspecified atom stereocenters. The number of carbonyl (C=O) groups excluding carboxylic acids is 2. The molecular formula is C22H25NO2. The average Bonchev–Trinajstić information content (AvgIpc) is 2.66. The monoisotopic (exact) mass is 335 g/mol. The Labute approximate surface area is 149 Å². The molecule has 0 bridgehead atoms. The van der Waals surface area contributed by atoms with E-state index in [0.29, 0.717) is 13.0 Å². The van der Waals surface area contributed by atoms with Crippen molar-refractivity contribution >= 4 is 11.7 Å². The summed E-state index contributed by atoms with van der Waals surface area (Å²) in [7, 11) is 0. The van der Waals surface area contributed by atoms with Gasteiger partial charge in [0.2, 0.25) is 0 Å². The van der Waals surface area contributed by atoms with E-state index in [9.17, 15) is 9.59 Å². The van der Waals surface area contributed by atoms with Crippen LogP contribution in [0.1, 0.15) is 40.7 Å². The van der Waals surface area contributed by atoms with E-state index >= 15 is 0 Å². The highest BCUT2D eigenvalue weighted by molar-refractivity contribution is 5.95. The number of hydrogen-bond acceptors (Lipinski definition) is 2. The Hall–Kier alpha value is -2.42. The topological polar surface area (TPSA) is 37.4 Å². The first kappa shape index (κ1) is 17.4. The number of amides is 1. The number of Topliss-reactive ketones (excluding diaryl/α,β-unsaturated/α-hetero) is 1. The number of hydrogen-bond donors (Lipinski definition) is 0. The number of rotatable bonds is 5. The number of benzene rings is 2. The molecule has 130 valence electrons. The van der Waals surface area contributed by atoms with Crippen molar-refractivity contribution in [3.05, 3.63) is 71.3 Å². The first-order valence-corrected chi connectivity index (χ1v) is 9.06. The summed E-state index contributed by atoms with van der Waals surface area (Å²) >= 11 is 0. The third kappa shape index (κ3) is 4.56. The van der Waals surface area contributed by atoms with Gasteiger partial charge in [0, 0.05) is 31.0 Å². The summed E-state index contributed by atoms with van der Waals surface area (Å²) < 4.78 is 0. The van der Waals surface area contributed by atoms with Crippen molar-refractivity contribution in [2.45, 2.75) is 32.6 Å². The molecule has 0 N–H and O–H groups in total. The Balaban J connectivity index is 1.58. The summed E-state index contributed by atoms with van der Waals surface area (Å²) in [5, 5.41) is 0. The quantitative estimate of drug-likeness (QED) is 0.827. The lowest BCUT2D eigenvalue weighted by Gasteiger charge is -2.32. The van der Waals surface area contributed by atoms with Crippen LogP contribution in [-0.4, -0.2) is 29.7 Å². The van der Waals surface area contributed by atoms with Crippen molar-refractivity contribution in [2.75, 3.05) is 13.1 Å². The van der Waals surface area contributed by atoms with Gasteiger partial charge in [0.15, 0.2) is 0 Å². The molecule has 1 aliphatic heterocycles. The zero-order valence-electron chi connectivity index (χ0n) is 14.8.